The molecule has 0 saturated carbocycles. The molecule has 5 nitrogen and oxygen atoms in total. The second kappa shape index (κ2) is 6.20. The molecule has 6 heteroatoms. The maximum absolute atomic E-state index is 6.02. The highest BCUT2D eigenvalue weighted by Crippen LogP contribution is 2.28. The first kappa shape index (κ1) is 15.0. The van der Waals surface area contributed by atoms with Crippen molar-refractivity contribution in [1.29, 1.82) is 0 Å². The van der Waals surface area contributed by atoms with Crippen LogP contribution in [0.25, 0.3) is 0 Å². The van der Waals surface area contributed by atoms with Gasteiger partial charge in [-0.2, -0.15) is 0 Å². The molecule has 0 aromatic carbocycles. The third kappa shape index (κ3) is 3.99. The number of hydrogen-bond acceptors (Lipinski definition) is 5. The average molecular weight is 273 g/mol. The summed E-state index contributed by atoms with van der Waals surface area (Å²) >= 11 is 6.02. The van der Waals surface area contributed by atoms with E-state index in [4.69, 9.17) is 22.1 Å². The summed E-state index contributed by atoms with van der Waals surface area (Å²) in [7, 11) is 1.67. The van der Waals surface area contributed by atoms with Crippen molar-refractivity contribution >= 4 is 23.1 Å². The van der Waals surface area contributed by atoms with Crippen LogP contribution in [0.4, 0.5) is 11.5 Å². The van der Waals surface area contributed by atoms with E-state index in [2.05, 4.69) is 15.3 Å². The predicted octanol–water partition coefficient (Wildman–Crippen LogP) is 2.46. The Balaban J connectivity index is 2.86. The number of anilines is 2. The molecule has 0 unspecified atom stereocenters. The minimum Gasteiger partial charge on any atom is -0.393 e. The number of nitrogens with two attached hydrogens (primary N) is 1. The lowest BCUT2D eigenvalue weighted by atomic mass is 9.96. The quantitative estimate of drug-likeness (QED) is 0.636. The summed E-state index contributed by atoms with van der Waals surface area (Å²) in [4.78, 5) is 8.64. The van der Waals surface area contributed by atoms with E-state index in [-0.39, 0.29) is 5.41 Å². The topological polar surface area (TPSA) is 73.1 Å². The maximum atomic E-state index is 6.02. The van der Waals surface area contributed by atoms with E-state index in [9.17, 15) is 0 Å². The van der Waals surface area contributed by atoms with Gasteiger partial charge in [-0.1, -0.05) is 32.4 Å². The fraction of sp³-hybridized carbons (Fsp3) is 0.667. The van der Waals surface area contributed by atoms with Crippen molar-refractivity contribution in [1.82, 2.24) is 9.97 Å². The van der Waals surface area contributed by atoms with Gasteiger partial charge >= 0.3 is 0 Å². The monoisotopic (exact) mass is 272 g/mol. The van der Waals surface area contributed by atoms with Crippen molar-refractivity contribution in [3.8, 4) is 0 Å². The molecule has 102 valence electrons. The highest BCUT2D eigenvalue weighted by Gasteiger charge is 2.20. The number of hydrogen-bond donors (Lipinski definition) is 2. The second-order valence-electron chi connectivity index (χ2n) is 5.12. The molecule has 0 aliphatic rings. The summed E-state index contributed by atoms with van der Waals surface area (Å²) in [5.41, 5.74) is 6.08. The summed E-state index contributed by atoms with van der Waals surface area (Å²) in [5.74, 6) is 1.27. The smallest absolute Gasteiger partial charge is 0.157 e. The SMILES string of the molecule is COCCCNc1nc(C(C)(C)C)nc(Cl)c1N. The Labute approximate surface area is 113 Å². The Bertz CT molecular complexity index is 404. The number of ether oxygens (including phenoxy) is 1. The summed E-state index contributed by atoms with van der Waals surface area (Å²) in [6.45, 7) is 7.52. The van der Waals surface area contributed by atoms with E-state index in [0.717, 1.165) is 13.0 Å². The lowest BCUT2D eigenvalue weighted by Crippen LogP contribution is -2.19. The number of nitrogens with one attached hydrogen (secondary N) is 1. The molecule has 0 saturated heterocycles. The maximum Gasteiger partial charge on any atom is 0.157 e. The molecule has 1 rings (SSSR count). The number of nitrogen functional groups attached to an aromatic ring is 1. The van der Waals surface area contributed by atoms with E-state index in [1.165, 1.54) is 0 Å². The van der Waals surface area contributed by atoms with Crippen LogP contribution in [0, 0.1) is 0 Å². The summed E-state index contributed by atoms with van der Waals surface area (Å²) in [6, 6.07) is 0. The summed E-state index contributed by atoms with van der Waals surface area (Å²) in [5, 5.41) is 3.46. The predicted molar refractivity (Wildman–Crippen MR) is 75.1 cm³/mol. The Morgan fingerprint density at radius 3 is 2.56 bits per heavy atom. The lowest BCUT2D eigenvalue weighted by Gasteiger charge is -2.19. The fourth-order valence-electron chi connectivity index (χ4n) is 1.34. The Kier molecular flexibility index (Phi) is 5.16. The molecular formula is C12H21ClN4O. The minimum atomic E-state index is -0.166. The first-order valence-electron chi connectivity index (χ1n) is 5.92. The molecule has 0 aliphatic carbocycles. The Morgan fingerprint density at radius 2 is 2.00 bits per heavy atom. The zero-order chi connectivity index (χ0) is 13.8. The molecule has 1 aromatic heterocycles. The Morgan fingerprint density at radius 1 is 1.33 bits per heavy atom. The fourth-order valence-corrected chi connectivity index (χ4v) is 1.51. The average Bonchev–Trinajstić information content (AvgIpc) is 2.28. The molecule has 3 N–H and O–H groups in total. The van der Waals surface area contributed by atoms with Crippen LogP contribution in [0.1, 0.15) is 33.0 Å². The van der Waals surface area contributed by atoms with Crippen molar-refractivity contribution in [2.75, 3.05) is 31.3 Å². The molecule has 1 heterocycles. The number of halogens is 1. The van der Waals surface area contributed by atoms with Gasteiger partial charge < -0.3 is 15.8 Å². The van der Waals surface area contributed by atoms with Gasteiger partial charge in [0, 0.05) is 25.7 Å². The largest absolute Gasteiger partial charge is 0.393 e. The molecule has 0 fully saturated rings. The highest BCUT2D eigenvalue weighted by molar-refractivity contribution is 6.32. The third-order valence-electron chi connectivity index (χ3n) is 2.39. The number of methoxy groups -OCH3 is 1. The number of aromatic nitrogens is 2. The summed E-state index contributed by atoms with van der Waals surface area (Å²) in [6.07, 6.45) is 0.877. The molecule has 0 amide bonds. The zero-order valence-electron chi connectivity index (χ0n) is 11.4. The van der Waals surface area contributed by atoms with Crippen LogP contribution < -0.4 is 11.1 Å². The van der Waals surface area contributed by atoms with Crippen molar-refractivity contribution in [3.05, 3.63) is 11.0 Å². The Hall–Kier alpha value is -1.07. The van der Waals surface area contributed by atoms with E-state index in [1.807, 2.05) is 20.8 Å². The highest BCUT2D eigenvalue weighted by atomic mass is 35.5. The van der Waals surface area contributed by atoms with E-state index >= 15 is 0 Å². The van der Waals surface area contributed by atoms with Gasteiger partial charge in [0.15, 0.2) is 11.0 Å². The van der Waals surface area contributed by atoms with Crippen molar-refractivity contribution in [2.45, 2.75) is 32.6 Å². The first-order chi connectivity index (χ1) is 8.36. The first-order valence-corrected chi connectivity index (χ1v) is 6.30. The van der Waals surface area contributed by atoms with Crippen molar-refractivity contribution in [2.24, 2.45) is 0 Å². The molecule has 0 aliphatic heterocycles. The van der Waals surface area contributed by atoms with Crippen LogP contribution in [0.3, 0.4) is 0 Å². The van der Waals surface area contributed by atoms with Gasteiger partial charge in [-0.3, -0.25) is 0 Å². The van der Waals surface area contributed by atoms with E-state index in [0.29, 0.717) is 29.1 Å². The normalized spacial score (nSPS) is 11.6. The zero-order valence-corrected chi connectivity index (χ0v) is 12.1. The molecule has 0 spiro atoms. The van der Waals surface area contributed by atoms with Crippen molar-refractivity contribution < 1.29 is 4.74 Å². The minimum absolute atomic E-state index is 0.166. The van der Waals surface area contributed by atoms with Crippen LogP contribution >= 0.6 is 11.6 Å². The van der Waals surface area contributed by atoms with Crippen LogP contribution in [-0.2, 0) is 10.2 Å². The van der Waals surface area contributed by atoms with Crippen LogP contribution in [0.2, 0.25) is 5.15 Å². The van der Waals surface area contributed by atoms with Gasteiger partial charge in [0.2, 0.25) is 0 Å². The third-order valence-corrected chi connectivity index (χ3v) is 2.68. The van der Waals surface area contributed by atoms with Gasteiger partial charge in [-0.15, -0.1) is 0 Å². The van der Waals surface area contributed by atoms with Gasteiger partial charge in [-0.25, -0.2) is 9.97 Å². The van der Waals surface area contributed by atoms with Crippen molar-refractivity contribution in [3.63, 3.8) is 0 Å². The van der Waals surface area contributed by atoms with Crippen LogP contribution in [-0.4, -0.2) is 30.2 Å². The molecule has 0 bridgehead atoms. The molecule has 1 aromatic rings. The van der Waals surface area contributed by atoms with E-state index in [1.54, 1.807) is 7.11 Å². The van der Waals surface area contributed by atoms with Gasteiger partial charge in [0.05, 0.1) is 0 Å². The molecule has 0 radical (unpaired) electrons. The number of rotatable bonds is 5. The number of nitrogens with zero attached hydrogens (tertiary/aromatic N) is 2. The molecule has 0 atom stereocenters. The van der Waals surface area contributed by atoms with E-state index < -0.39 is 0 Å². The summed E-state index contributed by atoms with van der Waals surface area (Å²) < 4.78 is 4.98. The van der Waals surface area contributed by atoms with Gasteiger partial charge in [0.25, 0.3) is 0 Å². The van der Waals surface area contributed by atoms with Crippen LogP contribution in [0.5, 0.6) is 0 Å². The van der Waals surface area contributed by atoms with Crippen LogP contribution in [0.15, 0.2) is 0 Å². The second-order valence-corrected chi connectivity index (χ2v) is 5.48. The van der Waals surface area contributed by atoms with Gasteiger partial charge in [-0.05, 0) is 6.42 Å². The standard InChI is InChI=1S/C12H21ClN4O/c1-12(2,3)11-16-9(13)8(14)10(17-11)15-6-5-7-18-4/h5-7,14H2,1-4H3,(H,15,16,17). The molecular weight excluding hydrogens is 252 g/mol. The lowest BCUT2D eigenvalue weighted by molar-refractivity contribution is 0.198. The molecule has 18 heavy (non-hydrogen) atoms. The van der Waals surface area contributed by atoms with Gasteiger partial charge in [0.1, 0.15) is 11.5 Å².